The van der Waals surface area contributed by atoms with Crippen LogP contribution in [0, 0.1) is 5.38 Å². The van der Waals surface area contributed by atoms with Crippen molar-refractivity contribution in [3.05, 3.63) is 22.4 Å². The molecule has 0 saturated heterocycles. The van der Waals surface area contributed by atoms with Crippen LogP contribution in [0.4, 0.5) is 39.5 Å². The second-order valence-electron chi connectivity index (χ2n) is 3.48. The maximum absolute atomic E-state index is 13.2. The first kappa shape index (κ1) is 16.1. The first-order chi connectivity index (χ1) is 8.42. The van der Waals surface area contributed by atoms with E-state index in [2.05, 4.69) is 0 Å². The second-order valence-corrected chi connectivity index (χ2v) is 4.36. The van der Waals surface area contributed by atoms with Gasteiger partial charge in [-0.25, -0.2) is 4.39 Å². The minimum absolute atomic E-state index is 0.136. The molecule has 0 atom stereocenters. The van der Waals surface area contributed by atoms with Gasteiger partial charge in [-0.15, -0.1) is 11.3 Å². The summed E-state index contributed by atoms with van der Waals surface area (Å²) in [6, 6.07) is 1.07. The third kappa shape index (κ3) is 2.19. The third-order valence-corrected chi connectivity index (χ3v) is 3.06. The van der Waals surface area contributed by atoms with Crippen molar-refractivity contribution in [2.45, 2.75) is 23.7 Å². The Kier molecular flexibility index (Phi) is 3.88. The topological polar surface area (TPSA) is 0 Å². The third-order valence-electron chi connectivity index (χ3n) is 2.20. The zero-order valence-corrected chi connectivity index (χ0v) is 9.49. The average molecular weight is 315 g/mol. The number of hydrogen-bond acceptors (Lipinski definition) is 1. The molecular weight excluding hydrogens is 311 g/mol. The van der Waals surface area contributed by atoms with Crippen LogP contribution in [0.1, 0.15) is 4.88 Å². The van der Waals surface area contributed by atoms with E-state index in [0.717, 1.165) is 6.07 Å². The molecule has 0 nitrogen and oxygen atoms in total. The van der Waals surface area contributed by atoms with Crippen LogP contribution in [0.25, 0.3) is 0 Å². The van der Waals surface area contributed by atoms with Gasteiger partial charge in [0.05, 0.1) is 4.88 Å². The van der Waals surface area contributed by atoms with Gasteiger partial charge >= 0.3 is 23.7 Å². The largest absolute Gasteiger partial charge is 0.383 e. The van der Waals surface area contributed by atoms with Crippen LogP contribution >= 0.6 is 11.3 Å². The molecule has 0 aliphatic carbocycles. The van der Waals surface area contributed by atoms with Gasteiger partial charge in [-0.2, -0.15) is 35.1 Å². The number of rotatable bonds is 5. The lowest BCUT2D eigenvalue weighted by Gasteiger charge is -2.35. The number of alkyl halides is 9. The van der Waals surface area contributed by atoms with E-state index in [1.54, 1.807) is 0 Å². The van der Waals surface area contributed by atoms with Crippen molar-refractivity contribution >= 4 is 11.3 Å². The van der Waals surface area contributed by atoms with Crippen molar-refractivity contribution in [2.24, 2.45) is 0 Å². The molecular formula is C9H4F9S. The van der Waals surface area contributed by atoms with Gasteiger partial charge in [0.2, 0.25) is 0 Å². The molecule has 0 aliphatic heterocycles. The smallest absolute Gasteiger partial charge is 0.244 e. The van der Waals surface area contributed by atoms with Gasteiger partial charge in [0, 0.05) is 5.38 Å². The first-order valence-electron chi connectivity index (χ1n) is 4.45. The summed E-state index contributed by atoms with van der Waals surface area (Å²) in [6.07, 6.45) is 0. The molecule has 0 amide bonds. The maximum Gasteiger partial charge on any atom is 0.383 e. The summed E-state index contributed by atoms with van der Waals surface area (Å²) >= 11 is -0.136. The molecule has 0 aromatic carbocycles. The molecule has 1 rings (SSSR count). The van der Waals surface area contributed by atoms with Crippen molar-refractivity contribution in [1.82, 2.24) is 0 Å². The molecule has 0 unspecified atom stereocenters. The lowest BCUT2D eigenvalue weighted by molar-refractivity contribution is -0.371. The van der Waals surface area contributed by atoms with Gasteiger partial charge in [0.25, 0.3) is 0 Å². The minimum Gasteiger partial charge on any atom is -0.244 e. The summed E-state index contributed by atoms with van der Waals surface area (Å²) < 4.78 is 115. The van der Waals surface area contributed by atoms with Crippen LogP contribution in [-0.2, 0) is 5.92 Å². The zero-order chi connectivity index (χ0) is 15.1. The molecule has 1 aromatic rings. The van der Waals surface area contributed by atoms with Crippen LogP contribution < -0.4 is 0 Å². The predicted octanol–water partition coefficient (Wildman–Crippen LogP) is 4.52. The Morgan fingerprint density at radius 3 is 1.84 bits per heavy atom. The van der Waals surface area contributed by atoms with Crippen molar-refractivity contribution in [3.63, 3.8) is 0 Å². The fourth-order valence-electron chi connectivity index (χ4n) is 1.08. The summed E-state index contributed by atoms with van der Waals surface area (Å²) in [5.41, 5.74) is 0. The lowest BCUT2D eigenvalue weighted by atomic mass is 9.98. The summed E-state index contributed by atoms with van der Waals surface area (Å²) in [4.78, 5) is -1.58. The standard InChI is InChI=1S/C9H4F9S/c10-4-6(11,12)8(15,16)9(17,18)7(13,14)5-2-1-3-19-5/h1-2H,4H2. The zero-order valence-electron chi connectivity index (χ0n) is 8.67. The van der Waals surface area contributed by atoms with E-state index in [1.165, 1.54) is 0 Å². The van der Waals surface area contributed by atoms with Crippen molar-refractivity contribution < 1.29 is 39.5 Å². The molecule has 19 heavy (non-hydrogen) atoms. The summed E-state index contributed by atoms with van der Waals surface area (Å²) in [5, 5.41) is 1.93. The number of thiophene rings is 1. The van der Waals surface area contributed by atoms with Crippen LogP contribution in [0.5, 0.6) is 0 Å². The van der Waals surface area contributed by atoms with Crippen molar-refractivity contribution in [3.8, 4) is 0 Å². The molecule has 1 heterocycles. The van der Waals surface area contributed by atoms with Gasteiger partial charge in [0.15, 0.2) is 6.67 Å². The number of hydrogen-bond donors (Lipinski definition) is 0. The molecule has 0 saturated carbocycles. The van der Waals surface area contributed by atoms with E-state index < -0.39 is 35.2 Å². The fraction of sp³-hybridized carbons (Fsp3) is 0.556. The Morgan fingerprint density at radius 1 is 0.947 bits per heavy atom. The van der Waals surface area contributed by atoms with E-state index in [0.29, 0.717) is 6.07 Å². The van der Waals surface area contributed by atoms with E-state index >= 15 is 0 Å². The van der Waals surface area contributed by atoms with E-state index in [-0.39, 0.29) is 11.3 Å². The molecule has 1 aromatic heterocycles. The van der Waals surface area contributed by atoms with Crippen molar-refractivity contribution in [1.29, 1.82) is 0 Å². The van der Waals surface area contributed by atoms with Gasteiger partial charge in [0.1, 0.15) is 0 Å². The summed E-state index contributed by atoms with van der Waals surface area (Å²) in [6.45, 7) is -3.19. The Balaban J connectivity index is 3.31. The molecule has 0 N–H and O–H groups in total. The van der Waals surface area contributed by atoms with Crippen molar-refractivity contribution in [2.75, 3.05) is 6.67 Å². The Morgan fingerprint density at radius 2 is 1.47 bits per heavy atom. The van der Waals surface area contributed by atoms with E-state index in [1.807, 2.05) is 5.38 Å². The van der Waals surface area contributed by atoms with Gasteiger partial charge in [-0.3, -0.25) is 0 Å². The van der Waals surface area contributed by atoms with E-state index in [4.69, 9.17) is 0 Å². The van der Waals surface area contributed by atoms with Gasteiger partial charge < -0.3 is 0 Å². The predicted molar refractivity (Wildman–Crippen MR) is 47.9 cm³/mol. The molecule has 0 spiro atoms. The SMILES string of the molecule is FCC(F)(F)C(F)(F)C(F)(F)C(F)(F)c1cc[c]s1. The molecule has 0 fully saturated rings. The van der Waals surface area contributed by atoms with Crippen LogP contribution in [0.3, 0.4) is 0 Å². The molecule has 0 aliphatic rings. The highest BCUT2D eigenvalue weighted by molar-refractivity contribution is 7.09. The van der Waals surface area contributed by atoms with Crippen LogP contribution in [0.2, 0.25) is 0 Å². The highest BCUT2D eigenvalue weighted by Gasteiger charge is 2.81. The minimum atomic E-state index is -6.55. The van der Waals surface area contributed by atoms with E-state index in [9.17, 15) is 39.5 Å². The molecule has 1 radical (unpaired) electrons. The average Bonchev–Trinajstić information content (AvgIpc) is 2.82. The van der Waals surface area contributed by atoms with Crippen LogP contribution in [0.15, 0.2) is 12.1 Å². The maximum atomic E-state index is 13.2. The number of halogens is 9. The van der Waals surface area contributed by atoms with Crippen LogP contribution in [-0.4, -0.2) is 24.4 Å². The normalized spacial score (nSPS) is 14.8. The monoisotopic (exact) mass is 315 g/mol. The lowest BCUT2D eigenvalue weighted by Crippen LogP contribution is -2.61. The Bertz CT molecular complexity index is 423. The highest BCUT2D eigenvalue weighted by atomic mass is 32.1. The Hall–Kier alpha value is -0.930. The van der Waals surface area contributed by atoms with Gasteiger partial charge in [-0.1, -0.05) is 0 Å². The van der Waals surface area contributed by atoms with Gasteiger partial charge in [-0.05, 0) is 12.1 Å². The fourth-order valence-corrected chi connectivity index (χ4v) is 1.73. The molecule has 10 heteroatoms. The summed E-state index contributed by atoms with van der Waals surface area (Å²) in [5.74, 6) is -24.5. The Labute approximate surface area is 104 Å². The summed E-state index contributed by atoms with van der Waals surface area (Å²) in [7, 11) is 0. The second kappa shape index (κ2) is 4.57. The molecule has 109 valence electrons. The first-order valence-corrected chi connectivity index (χ1v) is 5.27. The molecule has 0 bridgehead atoms. The highest BCUT2D eigenvalue weighted by Crippen LogP contribution is 2.56. The quantitative estimate of drug-likeness (QED) is 0.701.